The summed E-state index contributed by atoms with van der Waals surface area (Å²) in [7, 11) is 0. The van der Waals surface area contributed by atoms with E-state index in [-0.39, 0.29) is 45.2 Å². The molecular weight excluding hydrogens is 464 g/mol. The Kier molecular flexibility index (Phi) is 27.6. The van der Waals surface area contributed by atoms with Gasteiger partial charge >= 0.3 is 30.2 Å². The monoisotopic (exact) mass is 485 g/mol. The van der Waals surface area contributed by atoms with Gasteiger partial charge in [0.2, 0.25) is 0 Å². The van der Waals surface area contributed by atoms with Gasteiger partial charge in [0.1, 0.15) is 0 Å². The van der Waals surface area contributed by atoms with Gasteiger partial charge in [-0.3, -0.25) is 0 Å². The number of fused-ring (bicyclic) bond motifs is 1. The maximum atomic E-state index is 6.94. The van der Waals surface area contributed by atoms with Crippen molar-refractivity contribution in [3.8, 4) is 0 Å². The average Bonchev–Trinajstić information content (AvgIpc) is 2.58. The fourth-order valence-electron chi connectivity index (χ4n) is 1.11. The Labute approximate surface area is 168 Å². The van der Waals surface area contributed by atoms with Crippen LogP contribution in [0.15, 0.2) is 40.9 Å². The molecule has 0 amide bonds. The minimum atomic E-state index is -0.250. The van der Waals surface area contributed by atoms with Gasteiger partial charge in [-0.25, -0.2) is 0 Å². The molecule has 2 aromatic carbocycles. The van der Waals surface area contributed by atoms with Gasteiger partial charge in [-0.2, -0.15) is 6.07 Å². The van der Waals surface area contributed by atoms with Crippen LogP contribution in [0, 0.1) is 14.9 Å². The summed E-state index contributed by atoms with van der Waals surface area (Å²) in [5.74, 6) is 0. The first kappa shape index (κ1) is 33.5. The zero-order valence-corrected chi connectivity index (χ0v) is 19.8. The maximum absolute atomic E-state index is 6.94. The first-order valence-electron chi connectivity index (χ1n) is 5.17. The van der Waals surface area contributed by atoms with Crippen molar-refractivity contribution in [2.75, 3.05) is 0 Å². The SMILES string of the molecule is Brc1cc2ccccc2[cH-]1.CC(C)(C)[NH-].Cl.Cl.[CH3-].[CH3-].[Si]=[Zr]. The zero-order valence-electron chi connectivity index (χ0n) is 13.2. The van der Waals surface area contributed by atoms with Crippen LogP contribution in [0.4, 0.5) is 0 Å². The Hall–Kier alpha value is 0.950. The van der Waals surface area contributed by atoms with E-state index in [0.717, 1.165) is 4.47 Å². The molecule has 0 saturated heterocycles. The van der Waals surface area contributed by atoms with Crippen molar-refractivity contribution in [3.63, 3.8) is 0 Å². The van der Waals surface area contributed by atoms with Crippen molar-refractivity contribution >= 4 is 58.4 Å². The second-order valence-corrected chi connectivity index (χ2v) is 5.47. The van der Waals surface area contributed by atoms with Gasteiger partial charge in [0, 0.05) is 0 Å². The second kappa shape index (κ2) is 17.3. The molecule has 0 atom stereocenters. The molecule has 0 spiro atoms. The van der Waals surface area contributed by atoms with E-state index >= 15 is 0 Å². The minimum absolute atomic E-state index is 0. The Morgan fingerprint density at radius 2 is 1.48 bits per heavy atom. The average molecular weight is 488 g/mol. The molecule has 0 fully saturated rings. The van der Waals surface area contributed by atoms with Crippen LogP contribution in [0.3, 0.4) is 0 Å². The number of benzene rings is 1. The van der Waals surface area contributed by atoms with E-state index in [1.807, 2.05) is 20.8 Å². The van der Waals surface area contributed by atoms with E-state index in [4.69, 9.17) is 5.73 Å². The van der Waals surface area contributed by atoms with E-state index in [2.05, 4.69) is 59.2 Å². The first-order valence-corrected chi connectivity index (χ1v) is 10.2. The first-order chi connectivity index (χ1) is 7.86. The van der Waals surface area contributed by atoms with Gasteiger partial charge in [-0.15, -0.1) is 65.4 Å². The van der Waals surface area contributed by atoms with Crippen LogP contribution in [0.25, 0.3) is 16.5 Å². The molecule has 0 aliphatic heterocycles. The number of hydrogen-bond donors (Lipinski definition) is 0. The zero-order chi connectivity index (χ0) is 13.5. The normalized spacial score (nSPS) is 8.00. The fourth-order valence-corrected chi connectivity index (χ4v) is 1.61. The molecule has 122 valence electrons. The van der Waals surface area contributed by atoms with Crippen molar-refractivity contribution in [2.24, 2.45) is 0 Å². The molecule has 1 N–H and O–H groups in total. The molecule has 0 aliphatic carbocycles. The van der Waals surface area contributed by atoms with Gasteiger partial charge in [-0.1, -0.05) is 47.2 Å². The van der Waals surface area contributed by atoms with Crippen molar-refractivity contribution in [1.29, 1.82) is 0 Å². The van der Waals surface area contributed by atoms with Gasteiger partial charge in [0.05, 0.1) is 0 Å². The number of nitrogens with one attached hydrogen (secondary N) is 1. The molecule has 0 bridgehead atoms. The molecule has 0 heterocycles. The van der Waals surface area contributed by atoms with Crippen molar-refractivity contribution in [2.45, 2.75) is 26.3 Å². The predicted molar refractivity (Wildman–Crippen MR) is 104 cm³/mol. The summed E-state index contributed by atoms with van der Waals surface area (Å²) < 4.78 is 1.16. The van der Waals surface area contributed by atoms with Crippen LogP contribution < -0.4 is 0 Å². The van der Waals surface area contributed by atoms with E-state index < -0.39 is 0 Å². The summed E-state index contributed by atoms with van der Waals surface area (Å²) in [6.07, 6.45) is 0. The summed E-state index contributed by atoms with van der Waals surface area (Å²) in [6.45, 7) is 8.62. The van der Waals surface area contributed by atoms with Crippen LogP contribution in [0.5, 0.6) is 0 Å². The summed E-state index contributed by atoms with van der Waals surface area (Å²) in [4.78, 5) is 0. The van der Waals surface area contributed by atoms with Crippen LogP contribution in [-0.4, -0.2) is 12.4 Å². The van der Waals surface area contributed by atoms with Crippen LogP contribution in [0.1, 0.15) is 20.8 Å². The molecule has 0 saturated carbocycles. The molecule has 1 nitrogen and oxygen atoms in total. The molecule has 0 aliphatic rings. The molecule has 2 rings (SSSR count). The van der Waals surface area contributed by atoms with Crippen molar-refractivity contribution in [3.05, 3.63) is 61.5 Å². The summed E-state index contributed by atoms with van der Waals surface area (Å²) >= 11 is 4.78. The fraction of sp³-hybridized carbons (Fsp3) is 0.267. The van der Waals surface area contributed by atoms with E-state index in [9.17, 15) is 0 Å². The third-order valence-corrected chi connectivity index (χ3v) is 2.04. The van der Waals surface area contributed by atoms with Gasteiger partial charge in [-0.05, 0) is 0 Å². The van der Waals surface area contributed by atoms with Gasteiger partial charge < -0.3 is 20.6 Å². The number of hydrogen-bond acceptors (Lipinski definition) is 0. The molecule has 2 aromatic rings. The molecule has 0 aromatic heterocycles. The number of rotatable bonds is 0. The predicted octanol–water partition coefficient (Wildman–Crippen LogP) is 6.52. The summed E-state index contributed by atoms with van der Waals surface area (Å²) in [5, 5.41) is 2.60. The Morgan fingerprint density at radius 3 is 1.86 bits per heavy atom. The standard InChI is InChI=1S/C9H6Br.C4H10N.2CH3.2ClH.Si.Zr/c10-9-5-7-3-1-2-4-8(7)6-9;1-4(2,3)5;;;;;;/h1-6H;5H,1-3H3;2*1H3;2*1H;;/q4*-1;;;;. The van der Waals surface area contributed by atoms with Gasteiger partial charge in [0.15, 0.2) is 0 Å². The molecule has 2 radical (unpaired) electrons. The molecule has 21 heavy (non-hydrogen) atoms. The third kappa shape index (κ3) is 18.9. The quantitative estimate of drug-likeness (QED) is 0.298. The van der Waals surface area contributed by atoms with Crippen molar-refractivity contribution < 1.29 is 23.3 Å². The Balaban J connectivity index is -0.0000000695. The summed E-state index contributed by atoms with van der Waals surface area (Å²) in [6, 6.07) is 12.6. The van der Waals surface area contributed by atoms with Crippen LogP contribution in [-0.2, 0) is 23.3 Å². The number of halogens is 3. The van der Waals surface area contributed by atoms with Gasteiger partial charge in [0.25, 0.3) is 0 Å². The summed E-state index contributed by atoms with van der Waals surface area (Å²) in [5.41, 5.74) is 6.69. The molecule has 0 unspecified atom stereocenters. The van der Waals surface area contributed by atoms with Crippen LogP contribution in [0.2, 0.25) is 0 Å². The molecule has 6 heteroatoms. The third-order valence-electron chi connectivity index (χ3n) is 1.58. The van der Waals surface area contributed by atoms with Crippen LogP contribution >= 0.6 is 40.7 Å². The van der Waals surface area contributed by atoms with E-state index in [1.54, 1.807) is 0 Å². The van der Waals surface area contributed by atoms with E-state index in [1.165, 1.54) is 34.1 Å². The van der Waals surface area contributed by atoms with Crippen molar-refractivity contribution in [1.82, 2.24) is 0 Å². The topological polar surface area (TPSA) is 23.8 Å². The molecular formula is C15H24BrCl2NSiZr-4. The Bertz CT molecular complexity index is 419. The Morgan fingerprint density at radius 1 is 1.10 bits per heavy atom. The van der Waals surface area contributed by atoms with E-state index in [0.29, 0.717) is 0 Å². The second-order valence-electron chi connectivity index (χ2n) is 4.55.